The molecule has 0 bridgehead atoms. The molecule has 0 aromatic carbocycles. The van der Waals surface area contributed by atoms with Gasteiger partial charge in [-0.1, -0.05) is 0 Å². The number of hydrogen-bond acceptors (Lipinski definition) is 2. The van der Waals surface area contributed by atoms with Gasteiger partial charge in [0.25, 0.3) is 0 Å². The topological polar surface area (TPSA) is 54.7 Å². The Morgan fingerprint density at radius 2 is 1.93 bits per heavy atom. The number of nitrogens with zero attached hydrogens (tertiary/aromatic N) is 1. The second-order valence-corrected chi connectivity index (χ2v) is 4.81. The molecule has 3 N–H and O–H groups in total. The van der Waals surface area contributed by atoms with Crippen LogP contribution in [0.1, 0.15) is 48.6 Å². The maximum atomic E-state index is 5.70. The zero-order chi connectivity index (χ0) is 10.8. The first-order valence-corrected chi connectivity index (χ1v) is 5.94. The van der Waals surface area contributed by atoms with E-state index < -0.39 is 0 Å². The van der Waals surface area contributed by atoms with Crippen LogP contribution in [-0.4, -0.2) is 16.7 Å². The van der Waals surface area contributed by atoms with Gasteiger partial charge in [0.1, 0.15) is 0 Å². The molecule has 0 unspecified atom stereocenters. The van der Waals surface area contributed by atoms with Gasteiger partial charge in [0.2, 0.25) is 0 Å². The highest BCUT2D eigenvalue weighted by molar-refractivity contribution is 5.25. The molecule has 15 heavy (non-hydrogen) atoms. The average molecular weight is 207 g/mol. The van der Waals surface area contributed by atoms with Crippen LogP contribution in [0.25, 0.3) is 0 Å². The molecule has 1 heterocycles. The Balaban J connectivity index is 2.04. The van der Waals surface area contributed by atoms with Crippen LogP contribution in [0.15, 0.2) is 0 Å². The Morgan fingerprint density at radius 3 is 2.40 bits per heavy atom. The average Bonchev–Trinajstić information content (AvgIpc) is 2.60. The van der Waals surface area contributed by atoms with Crippen LogP contribution in [0.4, 0.5) is 0 Å². The Morgan fingerprint density at radius 1 is 1.27 bits per heavy atom. The van der Waals surface area contributed by atoms with Gasteiger partial charge in [-0.05, 0) is 57.6 Å². The number of aromatic nitrogens is 2. The van der Waals surface area contributed by atoms with Crippen molar-refractivity contribution in [3.8, 4) is 0 Å². The second-order valence-electron chi connectivity index (χ2n) is 4.81. The molecular weight excluding hydrogens is 186 g/mol. The smallest absolute Gasteiger partial charge is 0.0684 e. The van der Waals surface area contributed by atoms with Gasteiger partial charge >= 0.3 is 0 Å². The van der Waals surface area contributed by atoms with Crippen LogP contribution in [0, 0.1) is 19.8 Å². The van der Waals surface area contributed by atoms with Gasteiger partial charge < -0.3 is 5.73 Å². The molecule has 1 aliphatic rings. The summed E-state index contributed by atoms with van der Waals surface area (Å²) in [5.41, 5.74) is 9.56. The minimum Gasteiger partial charge on any atom is -0.330 e. The molecule has 0 aliphatic heterocycles. The summed E-state index contributed by atoms with van der Waals surface area (Å²) in [7, 11) is 0. The van der Waals surface area contributed by atoms with Crippen molar-refractivity contribution in [1.29, 1.82) is 0 Å². The number of nitrogens with one attached hydrogen (secondary N) is 1. The predicted molar refractivity (Wildman–Crippen MR) is 61.8 cm³/mol. The summed E-state index contributed by atoms with van der Waals surface area (Å²) in [5.74, 6) is 1.42. The second kappa shape index (κ2) is 4.35. The van der Waals surface area contributed by atoms with Crippen molar-refractivity contribution in [1.82, 2.24) is 10.2 Å². The minimum absolute atomic E-state index is 0.665. The van der Waals surface area contributed by atoms with Crippen molar-refractivity contribution in [3.63, 3.8) is 0 Å². The van der Waals surface area contributed by atoms with Crippen LogP contribution >= 0.6 is 0 Å². The standard InChI is InChI=1S/C12H21N3/c1-8-9(2)14-15-12(8)11-5-3-10(7-13)4-6-11/h10-11H,3-7,13H2,1-2H3,(H,14,15). The summed E-state index contributed by atoms with van der Waals surface area (Å²) < 4.78 is 0. The van der Waals surface area contributed by atoms with Gasteiger partial charge in [0, 0.05) is 11.6 Å². The van der Waals surface area contributed by atoms with E-state index >= 15 is 0 Å². The van der Waals surface area contributed by atoms with Crippen LogP contribution < -0.4 is 5.73 Å². The molecule has 3 nitrogen and oxygen atoms in total. The summed E-state index contributed by atoms with van der Waals surface area (Å²) in [4.78, 5) is 0. The molecule has 0 radical (unpaired) electrons. The van der Waals surface area contributed by atoms with Crippen molar-refractivity contribution < 1.29 is 0 Å². The lowest BCUT2D eigenvalue weighted by Crippen LogP contribution is -2.21. The maximum absolute atomic E-state index is 5.70. The number of H-pyrrole nitrogens is 1. The van der Waals surface area contributed by atoms with Crippen molar-refractivity contribution >= 4 is 0 Å². The van der Waals surface area contributed by atoms with Crippen molar-refractivity contribution in [2.24, 2.45) is 11.7 Å². The molecule has 0 spiro atoms. The molecule has 0 amide bonds. The Hall–Kier alpha value is -0.830. The lowest BCUT2D eigenvalue weighted by molar-refractivity contribution is 0.328. The molecule has 1 aromatic heterocycles. The SMILES string of the molecule is Cc1[nH]nc(C2CCC(CN)CC2)c1C. The van der Waals surface area contributed by atoms with E-state index in [9.17, 15) is 0 Å². The summed E-state index contributed by atoms with van der Waals surface area (Å²) in [6.45, 7) is 5.12. The first kappa shape index (κ1) is 10.7. The molecule has 3 heteroatoms. The van der Waals surface area contributed by atoms with Gasteiger partial charge in [0.05, 0.1) is 5.69 Å². The van der Waals surface area contributed by atoms with Crippen LogP contribution in [0.5, 0.6) is 0 Å². The number of aryl methyl sites for hydroxylation is 1. The lowest BCUT2D eigenvalue weighted by atomic mass is 9.80. The lowest BCUT2D eigenvalue weighted by Gasteiger charge is -2.26. The number of rotatable bonds is 2. The van der Waals surface area contributed by atoms with Crippen LogP contribution in [-0.2, 0) is 0 Å². The largest absolute Gasteiger partial charge is 0.330 e. The van der Waals surface area contributed by atoms with E-state index in [1.54, 1.807) is 0 Å². The van der Waals surface area contributed by atoms with E-state index in [1.807, 2.05) is 0 Å². The zero-order valence-electron chi connectivity index (χ0n) is 9.71. The normalized spacial score (nSPS) is 26.9. The van der Waals surface area contributed by atoms with Crippen molar-refractivity contribution in [3.05, 3.63) is 17.0 Å². The summed E-state index contributed by atoms with van der Waals surface area (Å²) in [5, 5.41) is 7.52. The van der Waals surface area contributed by atoms with E-state index in [0.29, 0.717) is 5.92 Å². The Labute approximate surface area is 91.4 Å². The predicted octanol–water partition coefficient (Wildman–Crippen LogP) is 2.26. The Kier molecular flexibility index (Phi) is 3.10. The monoisotopic (exact) mass is 207 g/mol. The maximum Gasteiger partial charge on any atom is 0.0684 e. The fraction of sp³-hybridized carbons (Fsp3) is 0.750. The van der Waals surface area contributed by atoms with E-state index in [2.05, 4.69) is 24.0 Å². The van der Waals surface area contributed by atoms with Gasteiger partial charge in [-0.2, -0.15) is 5.10 Å². The summed E-state index contributed by atoms with van der Waals surface area (Å²) in [6.07, 6.45) is 5.05. The third-order valence-corrected chi connectivity index (χ3v) is 3.86. The summed E-state index contributed by atoms with van der Waals surface area (Å²) in [6, 6.07) is 0. The molecule has 1 aliphatic carbocycles. The molecule has 1 saturated carbocycles. The van der Waals surface area contributed by atoms with E-state index in [0.717, 1.165) is 12.5 Å². The number of nitrogens with two attached hydrogens (primary N) is 1. The minimum atomic E-state index is 0.665. The first-order chi connectivity index (χ1) is 7.22. The highest BCUT2D eigenvalue weighted by atomic mass is 15.1. The third kappa shape index (κ3) is 2.07. The third-order valence-electron chi connectivity index (χ3n) is 3.86. The molecule has 0 saturated heterocycles. The molecule has 2 rings (SSSR count). The fourth-order valence-corrected chi connectivity index (χ4v) is 2.57. The molecule has 84 valence electrons. The molecular formula is C12H21N3. The number of hydrogen-bond donors (Lipinski definition) is 2. The van der Waals surface area contributed by atoms with Gasteiger partial charge in [-0.25, -0.2) is 0 Å². The van der Waals surface area contributed by atoms with Gasteiger partial charge in [-0.15, -0.1) is 0 Å². The molecule has 0 atom stereocenters. The summed E-state index contributed by atoms with van der Waals surface area (Å²) >= 11 is 0. The van der Waals surface area contributed by atoms with E-state index in [-0.39, 0.29) is 0 Å². The Bertz CT molecular complexity index is 322. The zero-order valence-corrected chi connectivity index (χ0v) is 9.71. The van der Waals surface area contributed by atoms with Crippen molar-refractivity contribution in [2.75, 3.05) is 6.54 Å². The van der Waals surface area contributed by atoms with E-state index in [1.165, 1.54) is 42.6 Å². The highest BCUT2D eigenvalue weighted by Crippen LogP contribution is 2.36. The van der Waals surface area contributed by atoms with Crippen LogP contribution in [0.2, 0.25) is 0 Å². The number of aromatic amines is 1. The molecule has 1 fully saturated rings. The first-order valence-electron chi connectivity index (χ1n) is 5.94. The van der Waals surface area contributed by atoms with Crippen LogP contribution in [0.3, 0.4) is 0 Å². The highest BCUT2D eigenvalue weighted by Gasteiger charge is 2.24. The van der Waals surface area contributed by atoms with Crippen molar-refractivity contribution in [2.45, 2.75) is 45.4 Å². The van der Waals surface area contributed by atoms with Gasteiger partial charge in [0.15, 0.2) is 0 Å². The van der Waals surface area contributed by atoms with E-state index in [4.69, 9.17) is 5.73 Å². The van der Waals surface area contributed by atoms with Gasteiger partial charge in [-0.3, -0.25) is 5.10 Å². The quantitative estimate of drug-likeness (QED) is 0.781. The molecule has 1 aromatic rings. The fourth-order valence-electron chi connectivity index (χ4n) is 2.57.